The maximum absolute atomic E-state index is 13.6. The minimum atomic E-state index is -1.07. The van der Waals surface area contributed by atoms with Crippen LogP contribution >= 0.6 is 0 Å². The Labute approximate surface area is 117 Å². The van der Waals surface area contributed by atoms with E-state index in [0.717, 1.165) is 12.1 Å². The van der Waals surface area contributed by atoms with Crippen molar-refractivity contribution in [2.45, 2.75) is 6.42 Å². The van der Waals surface area contributed by atoms with Crippen LogP contribution in [0.15, 0.2) is 40.8 Å². The Kier molecular flexibility index (Phi) is 3.13. The standard InChI is InChI=1S/C15H9F2NO3/c16-10-3-1-8(11(17)7-10)6-14-18-12-4-2-9(15(19)20)5-13(12)21-14/h1-5,7H,6H2,(H,19,20). The van der Waals surface area contributed by atoms with Gasteiger partial charge in [-0.05, 0) is 29.8 Å². The van der Waals surface area contributed by atoms with Crippen LogP contribution < -0.4 is 0 Å². The van der Waals surface area contributed by atoms with Crippen molar-refractivity contribution in [3.63, 3.8) is 0 Å². The van der Waals surface area contributed by atoms with Crippen LogP contribution in [0, 0.1) is 11.6 Å². The quantitative estimate of drug-likeness (QED) is 0.802. The van der Waals surface area contributed by atoms with Crippen molar-refractivity contribution in [2.75, 3.05) is 0 Å². The van der Waals surface area contributed by atoms with Gasteiger partial charge in [-0.1, -0.05) is 6.07 Å². The molecule has 4 nitrogen and oxygen atoms in total. The number of carbonyl (C=O) groups is 1. The average Bonchev–Trinajstić information content (AvgIpc) is 2.83. The first kappa shape index (κ1) is 13.2. The molecule has 0 aliphatic carbocycles. The van der Waals surface area contributed by atoms with E-state index in [1.165, 1.54) is 24.3 Å². The first-order valence-corrected chi connectivity index (χ1v) is 6.09. The van der Waals surface area contributed by atoms with E-state index in [4.69, 9.17) is 9.52 Å². The molecule has 1 heterocycles. The van der Waals surface area contributed by atoms with Crippen LogP contribution in [0.5, 0.6) is 0 Å². The van der Waals surface area contributed by atoms with E-state index >= 15 is 0 Å². The Morgan fingerprint density at radius 3 is 2.71 bits per heavy atom. The lowest BCUT2D eigenvalue weighted by atomic mass is 10.1. The van der Waals surface area contributed by atoms with Crippen molar-refractivity contribution >= 4 is 17.1 Å². The molecule has 0 aliphatic rings. The monoisotopic (exact) mass is 289 g/mol. The van der Waals surface area contributed by atoms with Gasteiger partial charge in [0.25, 0.3) is 0 Å². The second-order valence-electron chi connectivity index (χ2n) is 4.51. The summed E-state index contributed by atoms with van der Waals surface area (Å²) in [4.78, 5) is 15.0. The van der Waals surface area contributed by atoms with Crippen LogP contribution in [-0.2, 0) is 6.42 Å². The average molecular weight is 289 g/mol. The van der Waals surface area contributed by atoms with Gasteiger partial charge < -0.3 is 9.52 Å². The molecular formula is C15H9F2NO3. The van der Waals surface area contributed by atoms with Crippen LogP contribution in [0.1, 0.15) is 21.8 Å². The first-order chi connectivity index (χ1) is 10.0. The first-order valence-electron chi connectivity index (χ1n) is 6.09. The van der Waals surface area contributed by atoms with E-state index in [-0.39, 0.29) is 23.4 Å². The van der Waals surface area contributed by atoms with Gasteiger partial charge in [0.15, 0.2) is 11.5 Å². The van der Waals surface area contributed by atoms with Gasteiger partial charge in [0, 0.05) is 6.07 Å². The molecule has 0 saturated heterocycles. The van der Waals surface area contributed by atoms with Gasteiger partial charge in [0.05, 0.1) is 12.0 Å². The summed E-state index contributed by atoms with van der Waals surface area (Å²) in [5.41, 5.74) is 1.13. The minimum Gasteiger partial charge on any atom is -0.478 e. The summed E-state index contributed by atoms with van der Waals surface area (Å²) in [5.74, 6) is -2.17. The molecule has 0 unspecified atom stereocenters. The number of halogens is 2. The van der Waals surface area contributed by atoms with E-state index in [1.807, 2.05) is 0 Å². The van der Waals surface area contributed by atoms with Crippen molar-refractivity contribution < 1.29 is 23.1 Å². The molecule has 0 saturated carbocycles. The SMILES string of the molecule is O=C(O)c1ccc2nc(Cc3ccc(F)cc3F)oc2c1. The van der Waals surface area contributed by atoms with E-state index < -0.39 is 17.6 Å². The van der Waals surface area contributed by atoms with Crippen LogP contribution in [0.4, 0.5) is 8.78 Å². The van der Waals surface area contributed by atoms with Gasteiger partial charge in [-0.15, -0.1) is 0 Å². The molecule has 1 N–H and O–H groups in total. The van der Waals surface area contributed by atoms with E-state index in [1.54, 1.807) is 0 Å². The van der Waals surface area contributed by atoms with Crippen LogP contribution in [0.3, 0.4) is 0 Å². The van der Waals surface area contributed by atoms with E-state index in [0.29, 0.717) is 11.1 Å². The maximum Gasteiger partial charge on any atom is 0.335 e. The van der Waals surface area contributed by atoms with Gasteiger partial charge in [0.1, 0.15) is 17.2 Å². The highest BCUT2D eigenvalue weighted by Gasteiger charge is 2.12. The Hall–Kier alpha value is -2.76. The topological polar surface area (TPSA) is 63.3 Å². The summed E-state index contributed by atoms with van der Waals surface area (Å²) >= 11 is 0. The minimum absolute atomic E-state index is 0.0587. The van der Waals surface area contributed by atoms with E-state index in [2.05, 4.69) is 4.98 Å². The second-order valence-corrected chi connectivity index (χ2v) is 4.51. The van der Waals surface area contributed by atoms with Crippen molar-refractivity contribution in [3.8, 4) is 0 Å². The molecule has 0 fully saturated rings. The van der Waals surface area contributed by atoms with Crippen molar-refractivity contribution in [3.05, 3.63) is 65.1 Å². The molecule has 106 valence electrons. The molecule has 0 radical (unpaired) electrons. The van der Waals surface area contributed by atoms with E-state index in [9.17, 15) is 13.6 Å². The number of aromatic carboxylic acids is 1. The largest absolute Gasteiger partial charge is 0.478 e. The highest BCUT2D eigenvalue weighted by molar-refractivity contribution is 5.91. The lowest BCUT2D eigenvalue weighted by Crippen LogP contribution is -1.94. The number of oxazole rings is 1. The number of fused-ring (bicyclic) bond motifs is 1. The highest BCUT2D eigenvalue weighted by Crippen LogP contribution is 2.20. The maximum atomic E-state index is 13.6. The molecule has 0 aliphatic heterocycles. The molecule has 0 atom stereocenters. The number of carboxylic acids is 1. The number of aromatic nitrogens is 1. The predicted molar refractivity (Wildman–Crippen MR) is 70.1 cm³/mol. The predicted octanol–water partition coefficient (Wildman–Crippen LogP) is 3.40. The molecule has 2 aromatic carbocycles. The smallest absolute Gasteiger partial charge is 0.335 e. The van der Waals surface area contributed by atoms with Crippen molar-refractivity contribution in [1.82, 2.24) is 4.98 Å². The molecule has 1 aromatic heterocycles. The number of hydrogen-bond donors (Lipinski definition) is 1. The Bertz CT molecular complexity index is 842. The molecular weight excluding hydrogens is 280 g/mol. The van der Waals surface area contributed by atoms with Crippen molar-refractivity contribution in [2.24, 2.45) is 0 Å². The second kappa shape index (κ2) is 4.97. The highest BCUT2D eigenvalue weighted by atomic mass is 19.1. The third-order valence-corrected chi connectivity index (χ3v) is 3.04. The molecule has 3 aromatic rings. The fraction of sp³-hybridized carbons (Fsp3) is 0.0667. The molecule has 0 bridgehead atoms. The Morgan fingerprint density at radius 1 is 1.19 bits per heavy atom. The zero-order valence-electron chi connectivity index (χ0n) is 10.6. The van der Waals surface area contributed by atoms with Gasteiger partial charge >= 0.3 is 5.97 Å². The zero-order chi connectivity index (χ0) is 15.0. The number of hydrogen-bond acceptors (Lipinski definition) is 3. The Balaban J connectivity index is 1.95. The summed E-state index contributed by atoms with van der Waals surface area (Å²) < 4.78 is 31.8. The van der Waals surface area contributed by atoms with Crippen LogP contribution in [-0.4, -0.2) is 16.1 Å². The number of carboxylic acid groups (broad SMARTS) is 1. The van der Waals surface area contributed by atoms with Gasteiger partial charge in [-0.2, -0.15) is 0 Å². The van der Waals surface area contributed by atoms with Gasteiger partial charge in [0.2, 0.25) is 0 Å². The lowest BCUT2D eigenvalue weighted by Gasteiger charge is -1.99. The van der Waals surface area contributed by atoms with Crippen LogP contribution in [0.2, 0.25) is 0 Å². The Morgan fingerprint density at radius 2 is 2.00 bits per heavy atom. The third-order valence-electron chi connectivity index (χ3n) is 3.04. The number of benzene rings is 2. The summed E-state index contributed by atoms with van der Waals surface area (Å²) in [6.07, 6.45) is 0.0587. The lowest BCUT2D eigenvalue weighted by molar-refractivity contribution is 0.0697. The number of nitrogens with zero attached hydrogens (tertiary/aromatic N) is 1. The normalized spacial score (nSPS) is 11.0. The van der Waals surface area contributed by atoms with Gasteiger partial charge in [-0.25, -0.2) is 18.6 Å². The van der Waals surface area contributed by atoms with Crippen molar-refractivity contribution in [1.29, 1.82) is 0 Å². The third kappa shape index (κ3) is 2.60. The summed E-state index contributed by atoms with van der Waals surface area (Å²) in [5, 5.41) is 8.90. The summed E-state index contributed by atoms with van der Waals surface area (Å²) in [6.45, 7) is 0. The fourth-order valence-electron chi connectivity index (χ4n) is 2.01. The summed E-state index contributed by atoms with van der Waals surface area (Å²) in [7, 11) is 0. The molecule has 6 heteroatoms. The molecule has 21 heavy (non-hydrogen) atoms. The molecule has 0 amide bonds. The van der Waals surface area contributed by atoms with Crippen LogP contribution in [0.25, 0.3) is 11.1 Å². The molecule has 3 rings (SSSR count). The van der Waals surface area contributed by atoms with Gasteiger partial charge in [-0.3, -0.25) is 0 Å². The summed E-state index contributed by atoms with van der Waals surface area (Å²) in [6, 6.07) is 7.56. The zero-order valence-corrected chi connectivity index (χ0v) is 10.6. The fourth-order valence-corrected chi connectivity index (χ4v) is 2.01. The number of rotatable bonds is 3. The molecule has 0 spiro atoms.